The molecule has 3 aromatic rings. The summed E-state index contributed by atoms with van der Waals surface area (Å²) in [5, 5.41) is 0.878. The van der Waals surface area contributed by atoms with Crippen molar-refractivity contribution in [3.8, 4) is 0 Å². The molecule has 1 aromatic carbocycles. The summed E-state index contributed by atoms with van der Waals surface area (Å²) in [4.78, 5) is 17.2. The SMILES string of the molecule is O=C(CSc1ccncc1)c1coc2ccccc12. The number of hydrogen-bond acceptors (Lipinski definition) is 4. The first-order valence-electron chi connectivity index (χ1n) is 5.87. The predicted molar refractivity (Wildman–Crippen MR) is 75.5 cm³/mol. The van der Waals surface area contributed by atoms with Gasteiger partial charge < -0.3 is 4.42 Å². The van der Waals surface area contributed by atoms with Gasteiger partial charge in [0.05, 0.1) is 11.3 Å². The Morgan fingerprint density at radius 2 is 1.95 bits per heavy atom. The summed E-state index contributed by atoms with van der Waals surface area (Å²) in [5.74, 6) is 0.472. The van der Waals surface area contributed by atoms with Crippen LogP contribution < -0.4 is 0 Å². The summed E-state index contributed by atoms with van der Waals surface area (Å²) in [6.07, 6.45) is 4.99. The molecular weight excluding hydrogens is 258 g/mol. The van der Waals surface area contributed by atoms with Crippen LogP contribution in [0.3, 0.4) is 0 Å². The van der Waals surface area contributed by atoms with Gasteiger partial charge in [0.2, 0.25) is 0 Å². The van der Waals surface area contributed by atoms with Crippen LogP contribution in [-0.4, -0.2) is 16.5 Å². The lowest BCUT2D eigenvalue weighted by atomic mass is 10.1. The number of benzene rings is 1. The molecule has 0 saturated heterocycles. The third kappa shape index (κ3) is 2.53. The van der Waals surface area contributed by atoms with Crippen LogP contribution in [0.25, 0.3) is 11.0 Å². The van der Waals surface area contributed by atoms with Crippen LogP contribution in [-0.2, 0) is 0 Å². The van der Waals surface area contributed by atoms with Crippen molar-refractivity contribution in [2.45, 2.75) is 4.90 Å². The van der Waals surface area contributed by atoms with Crippen molar-refractivity contribution in [3.05, 3.63) is 60.6 Å². The minimum atomic E-state index is 0.0757. The van der Waals surface area contributed by atoms with Crippen molar-refractivity contribution in [2.24, 2.45) is 0 Å². The number of Topliss-reactive ketones (excluding diaryl/α,β-unsaturated/α-hetero) is 1. The fourth-order valence-corrected chi connectivity index (χ4v) is 2.62. The van der Waals surface area contributed by atoms with Crippen LogP contribution in [0.2, 0.25) is 0 Å². The fourth-order valence-electron chi connectivity index (χ4n) is 1.85. The number of carbonyl (C=O) groups is 1. The first-order chi connectivity index (χ1) is 9.34. The molecule has 0 atom stereocenters. The number of pyridine rings is 1. The van der Waals surface area contributed by atoms with Crippen molar-refractivity contribution < 1.29 is 9.21 Å². The molecule has 0 bridgehead atoms. The van der Waals surface area contributed by atoms with Gasteiger partial charge in [-0.05, 0) is 18.2 Å². The van der Waals surface area contributed by atoms with E-state index < -0.39 is 0 Å². The second kappa shape index (κ2) is 5.28. The Bertz CT molecular complexity index is 706. The predicted octanol–water partition coefficient (Wildman–Crippen LogP) is 3.80. The molecule has 0 fully saturated rings. The maximum absolute atomic E-state index is 12.2. The summed E-state index contributed by atoms with van der Waals surface area (Å²) in [7, 11) is 0. The van der Waals surface area contributed by atoms with Crippen molar-refractivity contribution in [1.82, 2.24) is 4.98 Å². The highest BCUT2D eigenvalue weighted by Gasteiger charge is 2.13. The summed E-state index contributed by atoms with van der Waals surface area (Å²) in [6.45, 7) is 0. The number of nitrogens with zero attached hydrogens (tertiary/aromatic N) is 1. The highest BCUT2D eigenvalue weighted by atomic mass is 32.2. The van der Waals surface area contributed by atoms with Gasteiger partial charge in [0.15, 0.2) is 5.78 Å². The maximum Gasteiger partial charge on any atom is 0.176 e. The normalized spacial score (nSPS) is 10.7. The smallest absolute Gasteiger partial charge is 0.176 e. The van der Waals surface area contributed by atoms with E-state index in [4.69, 9.17) is 4.42 Å². The average Bonchev–Trinajstić information content (AvgIpc) is 2.90. The van der Waals surface area contributed by atoms with Crippen LogP contribution in [0.4, 0.5) is 0 Å². The van der Waals surface area contributed by atoms with E-state index in [0.29, 0.717) is 11.3 Å². The Hall–Kier alpha value is -2.07. The summed E-state index contributed by atoms with van der Waals surface area (Å²) >= 11 is 1.50. The van der Waals surface area contributed by atoms with E-state index in [2.05, 4.69) is 4.98 Å². The maximum atomic E-state index is 12.2. The van der Waals surface area contributed by atoms with Gasteiger partial charge in [0.25, 0.3) is 0 Å². The second-order valence-corrected chi connectivity index (χ2v) is 5.09. The molecule has 3 rings (SSSR count). The molecule has 0 unspecified atom stereocenters. The van der Waals surface area contributed by atoms with Gasteiger partial charge in [-0.25, -0.2) is 0 Å². The molecule has 4 heteroatoms. The monoisotopic (exact) mass is 269 g/mol. The topological polar surface area (TPSA) is 43.1 Å². The van der Waals surface area contributed by atoms with Crippen molar-refractivity contribution in [1.29, 1.82) is 0 Å². The number of carbonyl (C=O) groups excluding carboxylic acids is 1. The number of aromatic nitrogens is 1. The molecule has 2 aromatic heterocycles. The number of hydrogen-bond donors (Lipinski definition) is 0. The third-order valence-electron chi connectivity index (χ3n) is 2.80. The number of para-hydroxylation sites is 1. The molecule has 19 heavy (non-hydrogen) atoms. The van der Waals surface area contributed by atoms with Gasteiger partial charge in [-0.3, -0.25) is 9.78 Å². The average molecular weight is 269 g/mol. The molecule has 0 amide bonds. The largest absolute Gasteiger partial charge is 0.464 e. The molecule has 0 aliphatic rings. The lowest BCUT2D eigenvalue weighted by Gasteiger charge is -1.99. The molecule has 2 heterocycles. The minimum absolute atomic E-state index is 0.0757. The lowest BCUT2D eigenvalue weighted by Crippen LogP contribution is -2.01. The highest BCUT2D eigenvalue weighted by molar-refractivity contribution is 8.00. The van der Waals surface area contributed by atoms with Gasteiger partial charge in [0, 0.05) is 22.7 Å². The standard InChI is InChI=1S/C15H11NO2S/c17-14(10-19-11-5-7-16-8-6-11)13-9-18-15-4-2-1-3-12(13)15/h1-9H,10H2. The zero-order valence-electron chi connectivity index (χ0n) is 10.1. The van der Waals surface area contributed by atoms with E-state index in [1.54, 1.807) is 18.7 Å². The van der Waals surface area contributed by atoms with Gasteiger partial charge >= 0.3 is 0 Å². The van der Waals surface area contributed by atoms with Crippen molar-refractivity contribution in [2.75, 3.05) is 5.75 Å². The summed E-state index contributed by atoms with van der Waals surface area (Å²) in [6, 6.07) is 11.4. The van der Waals surface area contributed by atoms with E-state index in [-0.39, 0.29) is 5.78 Å². The molecule has 0 aliphatic carbocycles. The van der Waals surface area contributed by atoms with Crippen LogP contribution >= 0.6 is 11.8 Å². The Kier molecular flexibility index (Phi) is 3.33. The van der Waals surface area contributed by atoms with E-state index in [0.717, 1.165) is 15.9 Å². The Morgan fingerprint density at radius 3 is 2.79 bits per heavy atom. The first kappa shape index (κ1) is 12.0. The first-order valence-corrected chi connectivity index (χ1v) is 6.85. The van der Waals surface area contributed by atoms with E-state index in [9.17, 15) is 4.79 Å². The number of fused-ring (bicyclic) bond motifs is 1. The molecular formula is C15H11NO2S. The Labute approximate surface area is 114 Å². The Morgan fingerprint density at radius 1 is 1.16 bits per heavy atom. The lowest BCUT2D eigenvalue weighted by molar-refractivity contribution is 0.102. The molecule has 94 valence electrons. The molecule has 0 N–H and O–H groups in total. The fraction of sp³-hybridized carbons (Fsp3) is 0.0667. The van der Waals surface area contributed by atoms with Crippen LogP contribution in [0.1, 0.15) is 10.4 Å². The van der Waals surface area contributed by atoms with Crippen LogP contribution in [0.15, 0.2) is 64.4 Å². The summed E-state index contributed by atoms with van der Waals surface area (Å²) in [5.41, 5.74) is 1.40. The third-order valence-corrected chi connectivity index (χ3v) is 3.81. The van der Waals surface area contributed by atoms with E-state index in [1.165, 1.54) is 11.8 Å². The van der Waals surface area contributed by atoms with Crippen molar-refractivity contribution >= 4 is 28.5 Å². The minimum Gasteiger partial charge on any atom is -0.464 e. The van der Waals surface area contributed by atoms with Gasteiger partial charge in [-0.1, -0.05) is 18.2 Å². The number of rotatable bonds is 4. The van der Waals surface area contributed by atoms with Crippen molar-refractivity contribution in [3.63, 3.8) is 0 Å². The summed E-state index contributed by atoms with van der Waals surface area (Å²) < 4.78 is 5.38. The van der Waals surface area contributed by atoms with Gasteiger partial charge in [0.1, 0.15) is 11.8 Å². The quantitative estimate of drug-likeness (QED) is 0.533. The van der Waals surface area contributed by atoms with E-state index in [1.807, 2.05) is 36.4 Å². The number of furan rings is 1. The molecule has 0 spiro atoms. The molecule has 0 radical (unpaired) electrons. The highest BCUT2D eigenvalue weighted by Crippen LogP contribution is 2.24. The number of thioether (sulfide) groups is 1. The van der Waals surface area contributed by atoms with Gasteiger partial charge in [-0.15, -0.1) is 11.8 Å². The molecule has 3 nitrogen and oxygen atoms in total. The van der Waals surface area contributed by atoms with Crippen LogP contribution in [0.5, 0.6) is 0 Å². The second-order valence-electron chi connectivity index (χ2n) is 4.04. The molecule has 0 aliphatic heterocycles. The van der Waals surface area contributed by atoms with E-state index >= 15 is 0 Å². The zero-order valence-corrected chi connectivity index (χ0v) is 10.9. The van der Waals surface area contributed by atoms with Crippen LogP contribution in [0, 0.1) is 0 Å². The number of ketones is 1. The van der Waals surface area contributed by atoms with Gasteiger partial charge in [-0.2, -0.15) is 0 Å². The Balaban J connectivity index is 1.77. The molecule has 0 saturated carbocycles. The zero-order chi connectivity index (χ0) is 13.1.